The third-order valence-electron chi connectivity index (χ3n) is 4.42. The highest BCUT2D eigenvalue weighted by molar-refractivity contribution is 7.09. The Labute approximate surface area is 144 Å². The van der Waals surface area contributed by atoms with Crippen molar-refractivity contribution in [3.63, 3.8) is 0 Å². The number of carbonyl (C=O) groups is 1. The van der Waals surface area contributed by atoms with Crippen molar-refractivity contribution in [1.82, 2.24) is 24.5 Å². The summed E-state index contributed by atoms with van der Waals surface area (Å²) in [4.78, 5) is 24.2. The van der Waals surface area contributed by atoms with Gasteiger partial charge in [-0.05, 0) is 39.2 Å². The zero-order chi connectivity index (χ0) is 16.7. The predicted molar refractivity (Wildman–Crippen MR) is 92.2 cm³/mol. The number of likely N-dealkylation sites (tertiary alicyclic amines) is 1. The van der Waals surface area contributed by atoms with Crippen LogP contribution in [0.1, 0.15) is 52.1 Å². The molecule has 0 radical (unpaired) electrons. The van der Waals surface area contributed by atoms with Crippen LogP contribution in [0.15, 0.2) is 23.8 Å². The van der Waals surface area contributed by atoms with Crippen LogP contribution in [0.4, 0.5) is 0 Å². The molecule has 1 aliphatic heterocycles. The Kier molecular flexibility index (Phi) is 3.80. The summed E-state index contributed by atoms with van der Waals surface area (Å²) in [5, 5.41) is 7.35. The van der Waals surface area contributed by atoms with E-state index in [9.17, 15) is 4.79 Å². The minimum atomic E-state index is 0.000605. The number of amides is 1. The maximum atomic E-state index is 13.2. The molecule has 24 heavy (non-hydrogen) atoms. The van der Waals surface area contributed by atoms with Crippen LogP contribution in [0, 0.1) is 13.8 Å². The van der Waals surface area contributed by atoms with Gasteiger partial charge < -0.3 is 4.90 Å². The fraction of sp³-hybridized carbons (Fsp3) is 0.412. The van der Waals surface area contributed by atoms with Gasteiger partial charge in [0.15, 0.2) is 5.65 Å². The molecule has 0 unspecified atom stereocenters. The van der Waals surface area contributed by atoms with Crippen molar-refractivity contribution in [3.05, 3.63) is 45.8 Å². The summed E-state index contributed by atoms with van der Waals surface area (Å²) < 4.78 is 1.66. The fourth-order valence-electron chi connectivity index (χ4n) is 3.22. The van der Waals surface area contributed by atoms with Crippen LogP contribution in [-0.2, 0) is 0 Å². The molecule has 4 heterocycles. The van der Waals surface area contributed by atoms with Gasteiger partial charge in [-0.2, -0.15) is 5.10 Å². The van der Waals surface area contributed by atoms with Crippen LogP contribution in [0.3, 0.4) is 0 Å². The van der Waals surface area contributed by atoms with Gasteiger partial charge in [0.1, 0.15) is 10.6 Å². The summed E-state index contributed by atoms with van der Waals surface area (Å²) in [5.41, 5.74) is 3.09. The first kappa shape index (κ1) is 15.3. The van der Waals surface area contributed by atoms with Crippen LogP contribution >= 0.6 is 11.3 Å². The summed E-state index contributed by atoms with van der Waals surface area (Å²) in [5.74, 6) is 0.000605. The van der Waals surface area contributed by atoms with Gasteiger partial charge in [-0.25, -0.2) is 14.5 Å². The van der Waals surface area contributed by atoms with E-state index in [1.54, 1.807) is 22.0 Å². The molecule has 0 saturated carbocycles. The van der Waals surface area contributed by atoms with E-state index in [4.69, 9.17) is 0 Å². The van der Waals surface area contributed by atoms with Crippen LogP contribution < -0.4 is 0 Å². The highest BCUT2D eigenvalue weighted by Gasteiger charge is 2.32. The molecule has 0 bridgehead atoms. The zero-order valence-corrected chi connectivity index (χ0v) is 14.6. The third kappa shape index (κ3) is 2.58. The van der Waals surface area contributed by atoms with E-state index in [1.165, 1.54) is 0 Å². The molecule has 1 aliphatic rings. The van der Waals surface area contributed by atoms with Crippen molar-refractivity contribution in [3.8, 4) is 0 Å². The second-order valence-corrected chi connectivity index (χ2v) is 7.12. The molecule has 0 N–H and O–H groups in total. The topological polar surface area (TPSA) is 63.4 Å². The van der Waals surface area contributed by atoms with Gasteiger partial charge in [-0.15, -0.1) is 11.3 Å². The van der Waals surface area contributed by atoms with E-state index in [-0.39, 0.29) is 11.9 Å². The summed E-state index contributed by atoms with van der Waals surface area (Å²) >= 11 is 1.64. The Hall–Kier alpha value is -2.28. The van der Waals surface area contributed by atoms with Crippen molar-refractivity contribution >= 4 is 22.9 Å². The molecule has 0 aliphatic carbocycles. The average Bonchev–Trinajstić information content (AvgIpc) is 3.20. The van der Waals surface area contributed by atoms with Crippen LogP contribution in [0.5, 0.6) is 0 Å². The van der Waals surface area contributed by atoms with E-state index in [1.807, 2.05) is 36.4 Å². The summed E-state index contributed by atoms with van der Waals surface area (Å²) in [6.07, 6.45) is 6.58. The second kappa shape index (κ2) is 5.98. The predicted octanol–water partition coefficient (Wildman–Crippen LogP) is 3.17. The van der Waals surface area contributed by atoms with Gasteiger partial charge in [-0.3, -0.25) is 4.79 Å². The van der Waals surface area contributed by atoms with Crippen LogP contribution in [0.25, 0.3) is 5.65 Å². The van der Waals surface area contributed by atoms with Gasteiger partial charge in [0, 0.05) is 29.5 Å². The zero-order valence-electron chi connectivity index (χ0n) is 13.8. The number of carbonyl (C=O) groups excluding carboxylic acids is 1. The van der Waals surface area contributed by atoms with E-state index < -0.39 is 0 Å². The molecule has 3 aromatic heterocycles. The molecule has 0 spiro atoms. The van der Waals surface area contributed by atoms with E-state index in [0.717, 1.165) is 42.2 Å². The molecule has 124 valence electrons. The molecule has 6 nitrogen and oxygen atoms in total. The maximum Gasteiger partial charge on any atom is 0.259 e. The number of thiazole rings is 1. The highest BCUT2D eigenvalue weighted by atomic mass is 32.1. The SMILES string of the molecule is Cc1csc([C@@H]2CCCCN2C(=O)c2cnn3ccc(C)nc23)n1. The van der Waals surface area contributed by atoms with Crippen LogP contribution in [-0.4, -0.2) is 36.9 Å². The lowest BCUT2D eigenvalue weighted by molar-refractivity contribution is 0.0613. The van der Waals surface area contributed by atoms with Crippen molar-refractivity contribution in [2.75, 3.05) is 6.54 Å². The number of aromatic nitrogens is 4. The summed E-state index contributed by atoms with van der Waals surface area (Å²) in [7, 11) is 0. The minimum absolute atomic E-state index is 0.000605. The van der Waals surface area contributed by atoms with Crippen molar-refractivity contribution in [2.45, 2.75) is 39.2 Å². The molecule has 0 aromatic carbocycles. The number of hydrogen-bond acceptors (Lipinski definition) is 5. The van der Waals surface area contributed by atoms with Gasteiger partial charge in [0.05, 0.1) is 12.2 Å². The first-order valence-corrected chi connectivity index (χ1v) is 9.05. The average molecular weight is 341 g/mol. The molecule has 1 fully saturated rings. The molecule has 1 amide bonds. The van der Waals surface area contributed by atoms with Gasteiger partial charge >= 0.3 is 0 Å². The highest BCUT2D eigenvalue weighted by Crippen LogP contribution is 2.34. The minimum Gasteiger partial charge on any atom is -0.329 e. The number of hydrogen-bond donors (Lipinski definition) is 0. The smallest absolute Gasteiger partial charge is 0.259 e. The molecular weight excluding hydrogens is 322 g/mol. The lowest BCUT2D eigenvalue weighted by atomic mass is 10.0. The van der Waals surface area contributed by atoms with Crippen molar-refractivity contribution < 1.29 is 4.79 Å². The normalized spacial score (nSPS) is 18.2. The number of aryl methyl sites for hydroxylation is 2. The monoisotopic (exact) mass is 341 g/mol. The van der Waals surface area contributed by atoms with E-state index >= 15 is 0 Å². The van der Waals surface area contributed by atoms with E-state index in [0.29, 0.717) is 11.2 Å². The molecule has 7 heteroatoms. The molecule has 4 rings (SSSR count). The lowest BCUT2D eigenvalue weighted by Crippen LogP contribution is -2.38. The number of piperidine rings is 1. The maximum absolute atomic E-state index is 13.2. The van der Waals surface area contributed by atoms with Gasteiger partial charge in [0.25, 0.3) is 5.91 Å². The van der Waals surface area contributed by atoms with Crippen molar-refractivity contribution in [1.29, 1.82) is 0 Å². The Bertz CT molecular complexity index is 899. The van der Waals surface area contributed by atoms with Crippen molar-refractivity contribution in [2.24, 2.45) is 0 Å². The lowest BCUT2D eigenvalue weighted by Gasteiger charge is -2.34. The quantitative estimate of drug-likeness (QED) is 0.718. The van der Waals surface area contributed by atoms with Gasteiger partial charge in [-0.1, -0.05) is 0 Å². The number of rotatable bonds is 2. The van der Waals surface area contributed by atoms with Gasteiger partial charge in [0.2, 0.25) is 0 Å². The molecule has 3 aromatic rings. The third-order valence-corrected chi connectivity index (χ3v) is 5.49. The van der Waals surface area contributed by atoms with E-state index in [2.05, 4.69) is 15.1 Å². The Morgan fingerprint density at radius 2 is 2.12 bits per heavy atom. The Balaban J connectivity index is 1.71. The fourth-order valence-corrected chi connectivity index (χ4v) is 4.16. The number of nitrogens with zero attached hydrogens (tertiary/aromatic N) is 5. The molecular formula is C17H19N5OS. The first-order chi connectivity index (χ1) is 11.6. The first-order valence-electron chi connectivity index (χ1n) is 8.17. The Morgan fingerprint density at radius 1 is 1.25 bits per heavy atom. The second-order valence-electron chi connectivity index (χ2n) is 6.23. The standard InChI is InChI=1S/C17H19N5OS/c1-11-6-8-22-15(19-11)13(9-18-22)17(23)21-7-4-3-5-14(21)16-20-12(2)10-24-16/h6,8-10,14H,3-5,7H2,1-2H3/t14-/m0/s1. The summed E-state index contributed by atoms with van der Waals surface area (Å²) in [6, 6.07) is 1.95. The van der Waals surface area contributed by atoms with Crippen LogP contribution in [0.2, 0.25) is 0 Å². The number of fused-ring (bicyclic) bond motifs is 1. The summed E-state index contributed by atoms with van der Waals surface area (Å²) in [6.45, 7) is 4.67. The molecule has 1 saturated heterocycles. The largest absolute Gasteiger partial charge is 0.329 e. The Morgan fingerprint density at radius 3 is 2.92 bits per heavy atom. The molecule has 1 atom stereocenters.